The van der Waals surface area contributed by atoms with Crippen molar-refractivity contribution in [1.82, 2.24) is 15.0 Å². The number of rotatable bonds is 6. The van der Waals surface area contributed by atoms with Gasteiger partial charge in [-0.3, -0.25) is 15.1 Å². The standard InChI is InChI=1S/C17H15N5O2/c23-22(24)16-6-2-1-5-14(16)8-15-9-17(21-12-20-15)19-11-13-4-3-7-18-10-13/h1-7,9-10,12H,8,11H2,(H,19,20,21). The third kappa shape index (κ3) is 3.89. The second kappa shape index (κ2) is 7.28. The molecule has 3 aromatic rings. The van der Waals surface area contributed by atoms with Gasteiger partial charge in [-0.05, 0) is 11.6 Å². The highest BCUT2D eigenvalue weighted by Crippen LogP contribution is 2.21. The van der Waals surface area contributed by atoms with E-state index in [1.165, 1.54) is 12.4 Å². The molecule has 2 aromatic heterocycles. The summed E-state index contributed by atoms with van der Waals surface area (Å²) in [6, 6.07) is 12.3. The van der Waals surface area contributed by atoms with Crippen molar-refractivity contribution in [2.45, 2.75) is 13.0 Å². The molecule has 0 spiro atoms. The fraction of sp³-hybridized carbons (Fsp3) is 0.118. The smallest absolute Gasteiger partial charge is 0.272 e. The Kier molecular flexibility index (Phi) is 4.71. The van der Waals surface area contributed by atoms with E-state index in [1.54, 1.807) is 36.7 Å². The maximum absolute atomic E-state index is 11.1. The lowest BCUT2D eigenvalue weighted by Crippen LogP contribution is -2.04. The van der Waals surface area contributed by atoms with Crippen molar-refractivity contribution in [3.63, 3.8) is 0 Å². The number of anilines is 1. The van der Waals surface area contributed by atoms with Crippen LogP contribution in [-0.2, 0) is 13.0 Å². The first-order chi connectivity index (χ1) is 11.7. The fourth-order valence-electron chi connectivity index (χ4n) is 2.32. The normalized spacial score (nSPS) is 10.3. The van der Waals surface area contributed by atoms with Crippen molar-refractivity contribution in [1.29, 1.82) is 0 Å². The minimum atomic E-state index is -0.377. The van der Waals surface area contributed by atoms with E-state index in [2.05, 4.69) is 20.3 Å². The first-order valence-electron chi connectivity index (χ1n) is 7.38. The van der Waals surface area contributed by atoms with Crippen molar-refractivity contribution in [2.75, 3.05) is 5.32 Å². The van der Waals surface area contributed by atoms with Gasteiger partial charge in [0.1, 0.15) is 12.1 Å². The van der Waals surface area contributed by atoms with Crippen LogP contribution in [0.4, 0.5) is 11.5 Å². The molecular weight excluding hydrogens is 306 g/mol. The number of nitro groups is 1. The molecule has 0 bridgehead atoms. The molecule has 0 aliphatic heterocycles. The Hall–Kier alpha value is -3.35. The van der Waals surface area contributed by atoms with Crippen molar-refractivity contribution < 1.29 is 4.92 Å². The van der Waals surface area contributed by atoms with Gasteiger partial charge in [0, 0.05) is 43.1 Å². The number of hydrogen-bond acceptors (Lipinski definition) is 6. The number of para-hydroxylation sites is 1. The summed E-state index contributed by atoms with van der Waals surface area (Å²) in [5, 5.41) is 14.3. The molecule has 3 rings (SSSR count). The molecule has 2 heterocycles. The van der Waals surface area contributed by atoms with E-state index >= 15 is 0 Å². The van der Waals surface area contributed by atoms with Gasteiger partial charge < -0.3 is 5.32 Å². The van der Waals surface area contributed by atoms with Crippen LogP contribution in [0.2, 0.25) is 0 Å². The predicted octanol–water partition coefficient (Wildman–Crippen LogP) is 2.98. The molecule has 120 valence electrons. The lowest BCUT2D eigenvalue weighted by atomic mass is 10.1. The largest absolute Gasteiger partial charge is 0.366 e. The SMILES string of the molecule is O=[N+]([O-])c1ccccc1Cc1cc(NCc2cccnc2)ncn1. The highest BCUT2D eigenvalue weighted by Gasteiger charge is 2.13. The van der Waals surface area contributed by atoms with Crippen LogP contribution in [0.3, 0.4) is 0 Å². The first-order valence-corrected chi connectivity index (χ1v) is 7.38. The van der Waals surface area contributed by atoms with Gasteiger partial charge in [0.2, 0.25) is 0 Å². The lowest BCUT2D eigenvalue weighted by Gasteiger charge is -2.07. The van der Waals surface area contributed by atoms with Crippen LogP contribution < -0.4 is 5.32 Å². The highest BCUT2D eigenvalue weighted by molar-refractivity contribution is 5.44. The summed E-state index contributed by atoms with van der Waals surface area (Å²) in [7, 11) is 0. The number of benzene rings is 1. The van der Waals surface area contributed by atoms with E-state index in [0.29, 0.717) is 30.0 Å². The van der Waals surface area contributed by atoms with Crippen LogP contribution in [0.1, 0.15) is 16.8 Å². The van der Waals surface area contributed by atoms with E-state index < -0.39 is 0 Å². The Morgan fingerprint density at radius 3 is 2.79 bits per heavy atom. The lowest BCUT2D eigenvalue weighted by molar-refractivity contribution is -0.385. The van der Waals surface area contributed by atoms with E-state index in [9.17, 15) is 10.1 Å². The molecule has 0 fully saturated rings. The minimum Gasteiger partial charge on any atom is -0.366 e. The zero-order chi connectivity index (χ0) is 16.8. The molecule has 7 nitrogen and oxygen atoms in total. The number of hydrogen-bond donors (Lipinski definition) is 1. The van der Waals surface area contributed by atoms with Gasteiger partial charge >= 0.3 is 0 Å². The Bertz CT molecular complexity index is 839. The third-order valence-electron chi connectivity index (χ3n) is 3.48. The summed E-state index contributed by atoms with van der Waals surface area (Å²) in [6.45, 7) is 0.593. The summed E-state index contributed by atoms with van der Waals surface area (Å²) >= 11 is 0. The van der Waals surface area contributed by atoms with Crippen LogP contribution >= 0.6 is 0 Å². The molecule has 0 atom stereocenters. The zero-order valence-electron chi connectivity index (χ0n) is 12.8. The summed E-state index contributed by atoms with van der Waals surface area (Å²) in [6.07, 6.45) is 5.33. The predicted molar refractivity (Wildman–Crippen MR) is 89.5 cm³/mol. The van der Waals surface area contributed by atoms with Gasteiger partial charge in [-0.2, -0.15) is 0 Å². The minimum absolute atomic E-state index is 0.0981. The average Bonchev–Trinajstić information content (AvgIpc) is 2.61. The van der Waals surface area contributed by atoms with Crippen molar-refractivity contribution in [2.24, 2.45) is 0 Å². The van der Waals surface area contributed by atoms with E-state index in [1.807, 2.05) is 12.1 Å². The summed E-state index contributed by atoms with van der Waals surface area (Å²) in [5.41, 5.74) is 2.48. The molecule has 0 aliphatic carbocycles. The number of pyridine rings is 1. The summed E-state index contributed by atoms with van der Waals surface area (Å²) < 4.78 is 0. The summed E-state index contributed by atoms with van der Waals surface area (Å²) in [4.78, 5) is 23.2. The molecule has 0 saturated carbocycles. The van der Waals surface area contributed by atoms with E-state index in [4.69, 9.17) is 0 Å². The van der Waals surface area contributed by atoms with Gasteiger partial charge in [-0.15, -0.1) is 0 Å². The van der Waals surface area contributed by atoms with Crippen LogP contribution in [0.15, 0.2) is 61.2 Å². The molecule has 0 amide bonds. The van der Waals surface area contributed by atoms with Gasteiger partial charge in [0.25, 0.3) is 5.69 Å². The molecule has 0 saturated heterocycles. The van der Waals surface area contributed by atoms with Gasteiger partial charge in [0.05, 0.1) is 10.6 Å². The topological polar surface area (TPSA) is 93.8 Å². The van der Waals surface area contributed by atoms with Crippen LogP contribution in [-0.4, -0.2) is 19.9 Å². The monoisotopic (exact) mass is 321 g/mol. The van der Waals surface area contributed by atoms with Crippen LogP contribution in [0.5, 0.6) is 0 Å². The molecule has 1 aromatic carbocycles. The first kappa shape index (κ1) is 15.5. The average molecular weight is 321 g/mol. The molecule has 24 heavy (non-hydrogen) atoms. The molecule has 1 N–H and O–H groups in total. The molecule has 7 heteroatoms. The van der Waals surface area contributed by atoms with Crippen LogP contribution in [0, 0.1) is 10.1 Å². The Balaban J connectivity index is 1.73. The number of nitro benzene ring substituents is 1. The van der Waals surface area contributed by atoms with Crippen LogP contribution in [0.25, 0.3) is 0 Å². The van der Waals surface area contributed by atoms with Gasteiger partial charge in [-0.25, -0.2) is 9.97 Å². The Morgan fingerprint density at radius 1 is 1.12 bits per heavy atom. The maximum Gasteiger partial charge on any atom is 0.272 e. The highest BCUT2D eigenvalue weighted by atomic mass is 16.6. The second-order valence-electron chi connectivity index (χ2n) is 5.17. The number of nitrogens with one attached hydrogen (secondary N) is 1. The van der Waals surface area contributed by atoms with Crippen molar-refractivity contribution in [3.8, 4) is 0 Å². The molecule has 0 aliphatic rings. The Morgan fingerprint density at radius 2 is 2.00 bits per heavy atom. The van der Waals surface area contributed by atoms with Gasteiger partial charge in [-0.1, -0.05) is 24.3 Å². The van der Waals surface area contributed by atoms with Gasteiger partial charge in [0.15, 0.2) is 0 Å². The Labute approximate surface area is 138 Å². The fourth-order valence-corrected chi connectivity index (χ4v) is 2.32. The number of aromatic nitrogens is 3. The van der Waals surface area contributed by atoms with Crippen molar-refractivity contribution in [3.05, 3.63) is 88.1 Å². The molecule has 0 radical (unpaired) electrons. The summed E-state index contributed by atoms with van der Waals surface area (Å²) in [5.74, 6) is 0.669. The zero-order valence-corrected chi connectivity index (χ0v) is 12.8. The quantitative estimate of drug-likeness (QED) is 0.554. The molecular formula is C17H15N5O2. The van der Waals surface area contributed by atoms with Crippen molar-refractivity contribution >= 4 is 11.5 Å². The van der Waals surface area contributed by atoms with E-state index in [0.717, 1.165) is 5.56 Å². The number of nitrogens with zero attached hydrogens (tertiary/aromatic N) is 4. The van der Waals surface area contributed by atoms with E-state index in [-0.39, 0.29) is 10.6 Å². The molecule has 0 unspecified atom stereocenters. The maximum atomic E-state index is 11.1. The second-order valence-corrected chi connectivity index (χ2v) is 5.17. The third-order valence-corrected chi connectivity index (χ3v) is 3.48.